The first kappa shape index (κ1) is 22.1. The number of aryl methyl sites for hydroxylation is 1. The van der Waals surface area contributed by atoms with Gasteiger partial charge in [-0.25, -0.2) is 9.82 Å². The van der Waals surface area contributed by atoms with E-state index in [1.807, 2.05) is 19.1 Å². The van der Waals surface area contributed by atoms with Gasteiger partial charge in [-0.3, -0.25) is 9.59 Å². The lowest BCUT2D eigenvalue weighted by atomic mass is 9.97. The highest BCUT2D eigenvalue weighted by molar-refractivity contribution is 5.93. The van der Waals surface area contributed by atoms with Crippen molar-refractivity contribution in [3.63, 3.8) is 0 Å². The normalized spacial score (nSPS) is 11.0. The van der Waals surface area contributed by atoms with Gasteiger partial charge in [-0.05, 0) is 53.8 Å². The second kappa shape index (κ2) is 10.4. The minimum atomic E-state index is -0.523. The number of hydrazone groups is 1. The van der Waals surface area contributed by atoms with Crippen LogP contribution in [0.15, 0.2) is 41.5 Å². The number of methoxy groups -OCH3 is 1. The van der Waals surface area contributed by atoms with E-state index in [9.17, 15) is 14.0 Å². The van der Waals surface area contributed by atoms with E-state index in [0.717, 1.165) is 22.4 Å². The Labute approximate surface area is 170 Å². The number of rotatable bonds is 8. The Morgan fingerprint density at radius 3 is 2.52 bits per heavy atom. The minimum Gasteiger partial charge on any atom is -0.496 e. The molecule has 6 nitrogen and oxygen atoms in total. The lowest BCUT2D eigenvalue weighted by molar-refractivity contribution is -0.124. The Morgan fingerprint density at radius 1 is 1.17 bits per heavy atom. The summed E-state index contributed by atoms with van der Waals surface area (Å²) in [4.78, 5) is 23.8. The fourth-order valence-electron chi connectivity index (χ4n) is 2.71. The molecule has 2 amide bonds. The van der Waals surface area contributed by atoms with Crippen LogP contribution in [0.3, 0.4) is 0 Å². The molecular formula is C22H26FN3O3. The van der Waals surface area contributed by atoms with Gasteiger partial charge < -0.3 is 10.1 Å². The van der Waals surface area contributed by atoms with Gasteiger partial charge in [0.25, 0.3) is 0 Å². The standard InChI is InChI=1S/C22H26FN3O3/c1-14(2)17-12-16(15(3)11-20(17)29-4)13-24-26-22(28)10-9-21(27)25-19-8-6-5-7-18(19)23/h5-8,11-14H,9-10H2,1-4H3,(H,25,27)(H,26,28). The molecule has 0 spiro atoms. The molecule has 0 aliphatic heterocycles. The summed E-state index contributed by atoms with van der Waals surface area (Å²) in [7, 11) is 1.64. The molecule has 0 aliphatic carbocycles. The highest BCUT2D eigenvalue weighted by Crippen LogP contribution is 2.29. The van der Waals surface area contributed by atoms with Gasteiger partial charge in [0, 0.05) is 12.8 Å². The number of halogens is 1. The topological polar surface area (TPSA) is 79.8 Å². The molecule has 0 radical (unpaired) electrons. The second-order valence-corrected chi connectivity index (χ2v) is 6.93. The Morgan fingerprint density at radius 2 is 1.86 bits per heavy atom. The summed E-state index contributed by atoms with van der Waals surface area (Å²) in [6.45, 7) is 6.08. The van der Waals surface area contributed by atoms with E-state index in [0.29, 0.717) is 0 Å². The molecule has 0 saturated heterocycles. The zero-order chi connectivity index (χ0) is 21.4. The van der Waals surface area contributed by atoms with Crippen LogP contribution in [0, 0.1) is 12.7 Å². The number of ether oxygens (including phenoxy) is 1. The monoisotopic (exact) mass is 399 g/mol. The zero-order valence-electron chi connectivity index (χ0n) is 17.1. The molecule has 0 aromatic heterocycles. The van der Waals surface area contributed by atoms with E-state index < -0.39 is 17.6 Å². The van der Waals surface area contributed by atoms with Crippen LogP contribution >= 0.6 is 0 Å². The van der Waals surface area contributed by atoms with Crippen molar-refractivity contribution in [2.45, 2.75) is 39.5 Å². The van der Waals surface area contributed by atoms with Crippen LogP contribution in [0.4, 0.5) is 10.1 Å². The van der Waals surface area contributed by atoms with Crippen molar-refractivity contribution in [1.29, 1.82) is 0 Å². The number of para-hydroxylation sites is 1. The van der Waals surface area contributed by atoms with Crippen LogP contribution in [0.1, 0.15) is 49.3 Å². The molecule has 2 aromatic carbocycles. The third-order valence-electron chi connectivity index (χ3n) is 4.36. The maximum Gasteiger partial charge on any atom is 0.240 e. The number of nitrogens with zero attached hydrogens (tertiary/aromatic N) is 1. The molecule has 7 heteroatoms. The number of hydrogen-bond acceptors (Lipinski definition) is 4. The van der Waals surface area contributed by atoms with E-state index in [-0.39, 0.29) is 24.4 Å². The molecule has 0 atom stereocenters. The first-order chi connectivity index (χ1) is 13.8. The Hall–Kier alpha value is -3.22. The summed E-state index contributed by atoms with van der Waals surface area (Å²) in [5, 5.41) is 6.42. The third kappa shape index (κ3) is 6.41. The van der Waals surface area contributed by atoms with Crippen molar-refractivity contribution in [2.75, 3.05) is 12.4 Å². The van der Waals surface area contributed by atoms with E-state index in [4.69, 9.17) is 4.74 Å². The van der Waals surface area contributed by atoms with E-state index in [1.54, 1.807) is 19.4 Å². The molecule has 0 saturated carbocycles. The Balaban J connectivity index is 1.89. The third-order valence-corrected chi connectivity index (χ3v) is 4.36. The molecule has 0 heterocycles. The van der Waals surface area contributed by atoms with E-state index in [1.165, 1.54) is 18.2 Å². The fourth-order valence-corrected chi connectivity index (χ4v) is 2.71. The van der Waals surface area contributed by atoms with Crippen LogP contribution in [0.25, 0.3) is 0 Å². The predicted molar refractivity (Wildman–Crippen MR) is 112 cm³/mol. The maximum atomic E-state index is 13.5. The summed E-state index contributed by atoms with van der Waals surface area (Å²) in [5.41, 5.74) is 5.39. The van der Waals surface area contributed by atoms with Crippen LogP contribution in [-0.2, 0) is 9.59 Å². The van der Waals surface area contributed by atoms with Crippen molar-refractivity contribution >= 4 is 23.7 Å². The molecule has 2 aromatic rings. The first-order valence-corrected chi connectivity index (χ1v) is 9.36. The molecule has 2 rings (SSSR count). The van der Waals surface area contributed by atoms with Crippen LogP contribution in [0.2, 0.25) is 0 Å². The van der Waals surface area contributed by atoms with E-state index >= 15 is 0 Å². The molecule has 0 unspecified atom stereocenters. The van der Waals surface area contributed by atoms with Gasteiger partial charge in [-0.1, -0.05) is 26.0 Å². The molecule has 0 fully saturated rings. The van der Waals surface area contributed by atoms with Crippen LogP contribution in [0.5, 0.6) is 5.75 Å². The first-order valence-electron chi connectivity index (χ1n) is 9.36. The number of carbonyl (C=O) groups excluding carboxylic acids is 2. The SMILES string of the molecule is COc1cc(C)c(C=NNC(=O)CCC(=O)Nc2ccccc2F)cc1C(C)C. The van der Waals surface area contributed by atoms with Gasteiger partial charge >= 0.3 is 0 Å². The van der Waals surface area contributed by atoms with Gasteiger partial charge in [0.1, 0.15) is 11.6 Å². The maximum absolute atomic E-state index is 13.5. The summed E-state index contributed by atoms with van der Waals surface area (Å²) in [6, 6.07) is 9.78. The number of amides is 2. The minimum absolute atomic E-state index is 0.0591. The van der Waals surface area contributed by atoms with Crippen LogP contribution in [-0.4, -0.2) is 25.1 Å². The van der Waals surface area contributed by atoms with Crippen molar-refractivity contribution in [2.24, 2.45) is 5.10 Å². The summed E-state index contributed by atoms with van der Waals surface area (Å²) >= 11 is 0. The van der Waals surface area contributed by atoms with Gasteiger partial charge in [-0.2, -0.15) is 5.10 Å². The molecule has 0 aliphatic rings. The quantitative estimate of drug-likeness (QED) is 0.517. The number of carbonyl (C=O) groups is 2. The number of nitrogens with one attached hydrogen (secondary N) is 2. The van der Waals surface area contributed by atoms with Crippen molar-refractivity contribution < 1.29 is 18.7 Å². The van der Waals surface area contributed by atoms with Gasteiger partial charge in [0.15, 0.2) is 0 Å². The highest BCUT2D eigenvalue weighted by Gasteiger charge is 2.11. The average Bonchev–Trinajstić information content (AvgIpc) is 2.68. The zero-order valence-corrected chi connectivity index (χ0v) is 17.1. The van der Waals surface area contributed by atoms with Gasteiger partial charge in [0.2, 0.25) is 11.8 Å². The van der Waals surface area contributed by atoms with Crippen LogP contribution < -0.4 is 15.5 Å². The lowest BCUT2D eigenvalue weighted by Crippen LogP contribution is -2.21. The second-order valence-electron chi connectivity index (χ2n) is 6.93. The predicted octanol–water partition coefficient (Wildman–Crippen LogP) is 4.14. The Kier molecular flexibility index (Phi) is 7.88. The van der Waals surface area contributed by atoms with Crippen molar-refractivity contribution in [1.82, 2.24) is 5.43 Å². The summed E-state index contributed by atoms with van der Waals surface area (Å²) in [5.74, 6) is -0.271. The fraction of sp³-hybridized carbons (Fsp3) is 0.318. The molecule has 0 bridgehead atoms. The molecular weight excluding hydrogens is 373 g/mol. The average molecular weight is 399 g/mol. The van der Waals surface area contributed by atoms with Gasteiger partial charge in [-0.15, -0.1) is 0 Å². The van der Waals surface area contributed by atoms with Crippen molar-refractivity contribution in [3.8, 4) is 5.75 Å². The molecule has 29 heavy (non-hydrogen) atoms. The Bertz CT molecular complexity index is 910. The summed E-state index contributed by atoms with van der Waals surface area (Å²) in [6.07, 6.45) is 1.43. The lowest BCUT2D eigenvalue weighted by Gasteiger charge is -2.14. The smallest absolute Gasteiger partial charge is 0.240 e. The largest absolute Gasteiger partial charge is 0.496 e. The highest BCUT2D eigenvalue weighted by atomic mass is 19.1. The molecule has 2 N–H and O–H groups in total. The molecule has 154 valence electrons. The summed E-state index contributed by atoms with van der Waals surface area (Å²) < 4.78 is 18.9. The number of hydrogen-bond donors (Lipinski definition) is 2. The van der Waals surface area contributed by atoms with Gasteiger partial charge in [0.05, 0.1) is 19.0 Å². The number of anilines is 1. The van der Waals surface area contributed by atoms with Crippen molar-refractivity contribution in [3.05, 3.63) is 58.9 Å². The number of benzene rings is 2. The van der Waals surface area contributed by atoms with E-state index in [2.05, 4.69) is 29.7 Å².